The van der Waals surface area contributed by atoms with E-state index in [1.54, 1.807) is 23.8 Å². The van der Waals surface area contributed by atoms with Crippen LogP contribution in [-0.2, 0) is 22.6 Å². The molecule has 0 fully saturated rings. The third-order valence-electron chi connectivity index (χ3n) is 6.38. The molecule has 3 aromatic carbocycles. The Morgan fingerprint density at radius 1 is 1.00 bits per heavy atom. The van der Waals surface area contributed by atoms with Crippen LogP contribution >= 0.6 is 23.4 Å². The molecule has 7 heteroatoms. The van der Waals surface area contributed by atoms with Gasteiger partial charge in [0.05, 0.1) is 7.11 Å². The van der Waals surface area contributed by atoms with Crippen LogP contribution in [0, 0.1) is 0 Å². The number of rotatable bonds is 14. The average molecular weight is 553 g/mol. The lowest BCUT2D eigenvalue weighted by Crippen LogP contribution is -2.52. The van der Waals surface area contributed by atoms with E-state index < -0.39 is 6.04 Å². The minimum atomic E-state index is -0.631. The van der Waals surface area contributed by atoms with Crippen LogP contribution in [0.2, 0.25) is 5.02 Å². The third-order valence-corrected chi connectivity index (χ3v) is 7.73. The fourth-order valence-corrected chi connectivity index (χ4v) is 5.03. The lowest BCUT2D eigenvalue weighted by molar-refractivity contribution is -0.141. The molecular formula is C31H37ClN2O3S. The van der Waals surface area contributed by atoms with Crippen LogP contribution in [0.5, 0.6) is 5.75 Å². The first-order valence-electron chi connectivity index (χ1n) is 13.0. The van der Waals surface area contributed by atoms with Crippen molar-refractivity contribution in [1.82, 2.24) is 10.2 Å². The fraction of sp³-hybridized carbons (Fsp3) is 0.355. The molecule has 202 valence electrons. The van der Waals surface area contributed by atoms with Gasteiger partial charge < -0.3 is 15.0 Å². The molecule has 0 aromatic heterocycles. The van der Waals surface area contributed by atoms with Gasteiger partial charge in [-0.25, -0.2) is 0 Å². The number of methoxy groups -OCH3 is 1. The van der Waals surface area contributed by atoms with Gasteiger partial charge >= 0.3 is 0 Å². The number of carbonyl (C=O) groups is 2. The van der Waals surface area contributed by atoms with E-state index in [1.165, 1.54) is 0 Å². The van der Waals surface area contributed by atoms with E-state index in [-0.39, 0.29) is 17.9 Å². The SMILES string of the molecule is CC[C@@H](C)NC(=O)[C@H](Cc1ccccc1)N(Cc1cccc(OC)c1)C(=O)CCCSc1ccc(Cl)cc1. The molecule has 0 heterocycles. The predicted octanol–water partition coefficient (Wildman–Crippen LogP) is 6.78. The Labute approximate surface area is 235 Å². The van der Waals surface area contributed by atoms with Crippen LogP contribution < -0.4 is 10.1 Å². The van der Waals surface area contributed by atoms with Gasteiger partial charge in [-0.2, -0.15) is 0 Å². The summed E-state index contributed by atoms with van der Waals surface area (Å²) in [6.45, 7) is 4.35. The van der Waals surface area contributed by atoms with Crippen molar-refractivity contribution in [2.45, 2.75) is 63.1 Å². The standard InChI is InChI=1S/C31H37ClN2O3S/c1-4-23(2)33-31(36)29(21-24-10-6-5-7-11-24)34(22-25-12-8-13-27(20-25)37-3)30(35)14-9-19-38-28-17-15-26(32)16-18-28/h5-8,10-13,15-18,20,23,29H,4,9,14,19,21-22H2,1-3H3,(H,33,36)/t23-,29+/m1/s1. The molecule has 0 aliphatic rings. The van der Waals surface area contributed by atoms with Crippen molar-refractivity contribution in [1.29, 1.82) is 0 Å². The Balaban J connectivity index is 1.81. The number of benzene rings is 3. The maximum atomic E-state index is 13.7. The van der Waals surface area contributed by atoms with E-state index in [4.69, 9.17) is 16.3 Å². The van der Waals surface area contributed by atoms with Gasteiger partial charge in [0, 0.05) is 35.3 Å². The lowest BCUT2D eigenvalue weighted by atomic mass is 10.0. The lowest BCUT2D eigenvalue weighted by Gasteiger charge is -2.32. The topological polar surface area (TPSA) is 58.6 Å². The van der Waals surface area contributed by atoms with Gasteiger partial charge in [0.1, 0.15) is 11.8 Å². The quantitative estimate of drug-likeness (QED) is 0.177. The zero-order valence-electron chi connectivity index (χ0n) is 22.4. The molecule has 5 nitrogen and oxygen atoms in total. The Kier molecular flexibility index (Phi) is 12.0. The number of thioether (sulfide) groups is 1. The maximum absolute atomic E-state index is 13.7. The predicted molar refractivity (Wildman–Crippen MR) is 157 cm³/mol. The first-order chi connectivity index (χ1) is 18.4. The number of hydrogen-bond donors (Lipinski definition) is 1. The molecule has 2 amide bonds. The molecule has 0 saturated carbocycles. The van der Waals surface area contributed by atoms with Gasteiger partial charge in [-0.15, -0.1) is 11.8 Å². The summed E-state index contributed by atoms with van der Waals surface area (Å²) in [5.74, 6) is 1.35. The van der Waals surface area contributed by atoms with Gasteiger partial charge in [0.15, 0.2) is 0 Å². The second kappa shape index (κ2) is 15.5. The number of nitrogens with one attached hydrogen (secondary N) is 1. The molecule has 0 unspecified atom stereocenters. The average Bonchev–Trinajstić information content (AvgIpc) is 2.94. The fourth-order valence-electron chi connectivity index (χ4n) is 4.05. The highest BCUT2D eigenvalue weighted by atomic mass is 35.5. The second-order valence-corrected chi connectivity index (χ2v) is 10.9. The van der Waals surface area contributed by atoms with Crippen LogP contribution in [0.4, 0.5) is 0 Å². The highest BCUT2D eigenvalue weighted by Crippen LogP contribution is 2.23. The molecule has 3 rings (SSSR count). The number of halogens is 1. The maximum Gasteiger partial charge on any atom is 0.243 e. The Bertz CT molecular complexity index is 1160. The van der Waals surface area contributed by atoms with E-state index in [2.05, 4.69) is 5.32 Å². The minimum Gasteiger partial charge on any atom is -0.497 e. The molecule has 2 atom stereocenters. The summed E-state index contributed by atoms with van der Waals surface area (Å²) in [6, 6.07) is 24.6. The van der Waals surface area contributed by atoms with Gasteiger partial charge in [-0.3, -0.25) is 9.59 Å². The number of hydrogen-bond acceptors (Lipinski definition) is 4. The van der Waals surface area contributed by atoms with Crippen molar-refractivity contribution in [3.8, 4) is 5.75 Å². The summed E-state index contributed by atoms with van der Waals surface area (Å²) in [6.07, 6.45) is 2.31. The smallest absolute Gasteiger partial charge is 0.243 e. The van der Waals surface area contributed by atoms with Gasteiger partial charge in [-0.1, -0.05) is 61.0 Å². The monoisotopic (exact) mass is 552 g/mol. The van der Waals surface area contributed by atoms with Crippen LogP contribution in [0.1, 0.15) is 44.2 Å². The Morgan fingerprint density at radius 3 is 2.39 bits per heavy atom. The van der Waals surface area contributed by atoms with Gasteiger partial charge in [0.25, 0.3) is 0 Å². The summed E-state index contributed by atoms with van der Waals surface area (Å²) < 4.78 is 5.40. The summed E-state index contributed by atoms with van der Waals surface area (Å²) >= 11 is 7.68. The highest BCUT2D eigenvalue weighted by Gasteiger charge is 2.30. The van der Waals surface area contributed by atoms with Crippen molar-refractivity contribution in [2.24, 2.45) is 0 Å². The molecular weight excluding hydrogens is 516 g/mol. The largest absolute Gasteiger partial charge is 0.497 e. The first kappa shape index (κ1) is 29.6. The van der Waals surface area contributed by atoms with Crippen molar-refractivity contribution < 1.29 is 14.3 Å². The molecule has 0 radical (unpaired) electrons. The zero-order valence-corrected chi connectivity index (χ0v) is 23.9. The van der Waals surface area contributed by atoms with E-state index in [1.807, 2.05) is 92.7 Å². The molecule has 0 bridgehead atoms. The molecule has 0 aliphatic carbocycles. The molecule has 0 spiro atoms. The number of carbonyl (C=O) groups excluding carboxylic acids is 2. The molecule has 0 aliphatic heterocycles. The zero-order chi connectivity index (χ0) is 27.3. The second-order valence-electron chi connectivity index (χ2n) is 9.30. The van der Waals surface area contributed by atoms with Crippen molar-refractivity contribution in [3.05, 3.63) is 95.0 Å². The first-order valence-corrected chi connectivity index (χ1v) is 14.4. The van der Waals surface area contributed by atoms with E-state index in [0.717, 1.165) is 33.9 Å². The third kappa shape index (κ3) is 9.41. The Morgan fingerprint density at radius 2 is 1.71 bits per heavy atom. The van der Waals surface area contributed by atoms with Crippen molar-refractivity contribution in [2.75, 3.05) is 12.9 Å². The van der Waals surface area contributed by atoms with Gasteiger partial charge in [0.2, 0.25) is 11.8 Å². The summed E-state index contributed by atoms with van der Waals surface area (Å²) in [4.78, 5) is 30.2. The van der Waals surface area contributed by atoms with E-state index in [9.17, 15) is 9.59 Å². The summed E-state index contributed by atoms with van der Waals surface area (Å²) in [5, 5.41) is 3.82. The van der Waals surface area contributed by atoms with Crippen LogP contribution in [0.25, 0.3) is 0 Å². The number of ether oxygens (including phenoxy) is 1. The number of amides is 2. The van der Waals surface area contributed by atoms with E-state index >= 15 is 0 Å². The molecule has 3 aromatic rings. The van der Waals surface area contributed by atoms with Crippen LogP contribution in [-0.4, -0.2) is 41.7 Å². The summed E-state index contributed by atoms with van der Waals surface area (Å²) in [5.41, 5.74) is 1.93. The van der Waals surface area contributed by atoms with E-state index in [0.29, 0.717) is 30.8 Å². The van der Waals surface area contributed by atoms with Gasteiger partial charge in [-0.05, 0) is 73.0 Å². The van der Waals surface area contributed by atoms with Crippen LogP contribution in [0.3, 0.4) is 0 Å². The summed E-state index contributed by atoms with van der Waals surface area (Å²) in [7, 11) is 1.62. The molecule has 38 heavy (non-hydrogen) atoms. The highest BCUT2D eigenvalue weighted by molar-refractivity contribution is 7.99. The Hall–Kier alpha value is -2.96. The van der Waals surface area contributed by atoms with Crippen molar-refractivity contribution in [3.63, 3.8) is 0 Å². The minimum absolute atomic E-state index is 0.0188. The number of nitrogens with zero attached hydrogens (tertiary/aromatic N) is 1. The molecule has 0 saturated heterocycles. The molecule has 1 N–H and O–H groups in total. The normalized spacial score (nSPS) is 12.4. The van der Waals surface area contributed by atoms with Crippen LogP contribution in [0.15, 0.2) is 83.8 Å². The van der Waals surface area contributed by atoms with Crippen molar-refractivity contribution >= 4 is 35.2 Å².